The predicted octanol–water partition coefficient (Wildman–Crippen LogP) is 3.84. The van der Waals surface area contributed by atoms with Crippen molar-refractivity contribution >= 4 is 17.2 Å². The van der Waals surface area contributed by atoms with E-state index in [1.165, 1.54) is 22.5 Å². The van der Waals surface area contributed by atoms with Gasteiger partial charge in [0.15, 0.2) is 0 Å². The molecular weight excluding hydrogens is 380 g/mol. The highest BCUT2D eigenvalue weighted by atomic mass is 32.1. The van der Waals surface area contributed by atoms with Crippen molar-refractivity contribution in [3.05, 3.63) is 70.9 Å². The Morgan fingerprint density at radius 1 is 1.21 bits per heavy atom. The maximum absolute atomic E-state index is 12.5. The summed E-state index contributed by atoms with van der Waals surface area (Å²) in [4.78, 5) is 23.8. The molecule has 6 heteroatoms. The summed E-state index contributed by atoms with van der Waals surface area (Å²) in [5.74, 6) is 0.0556. The van der Waals surface area contributed by atoms with E-state index >= 15 is 0 Å². The maximum atomic E-state index is 12.5. The molecule has 0 unspecified atom stereocenters. The molecule has 0 aliphatic carbocycles. The van der Waals surface area contributed by atoms with Gasteiger partial charge in [0.1, 0.15) is 5.01 Å². The van der Waals surface area contributed by atoms with Crippen LogP contribution in [0.25, 0.3) is 10.7 Å². The number of rotatable bonds is 6. The number of piperidine rings is 1. The van der Waals surface area contributed by atoms with Gasteiger partial charge >= 0.3 is 0 Å². The highest BCUT2D eigenvalue weighted by Crippen LogP contribution is 2.21. The van der Waals surface area contributed by atoms with E-state index in [-0.39, 0.29) is 11.9 Å². The Kier molecular flexibility index (Phi) is 6.32. The van der Waals surface area contributed by atoms with Gasteiger partial charge in [0.25, 0.3) is 0 Å². The Balaban J connectivity index is 1.23. The minimum absolute atomic E-state index is 0.0556. The van der Waals surface area contributed by atoms with E-state index in [1.54, 1.807) is 6.20 Å². The highest BCUT2D eigenvalue weighted by molar-refractivity contribution is 7.13. The van der Waals surface area contributed by atoms with Crippen LogP contribution in [0.1, 0.15) is 29.7 Å². The van der Waals surface area contributed by atoms with E-state index in [0.29, 0.717) is 6.42 Å². The smallest absolute Gasteiger partial charge is 0.226 e. The van der Waals surface area contributed by atoms with E-state index in [1.807, 2.05) is 23.6 Å². The van der Waals surface area contributed by atoms with Gasteiger partial charge in [0, 0.05) is 37.3 Å². The summed E-state index contributed by atoms with van der Waals surface area (Å²) < 4.78 is 0. The van der Waals surface area contributed by atoms with Gasteiger partial charge in [-0.1, -0.05) is 35.9 Å². The Labute approximate surface area is 175 Å². The lowest BCUT2D eigenvalue weighted by atomic mass is 10.0. The van der Waals surface area contributed by atoms with Crippen LogP contribution in [0.3, 0.4) is 0 Å². The van der Waals surface area contributed by atoms with Gasteiger partial charge in [-0.15, -0.1) is 11.3 Å². The molecule has 29 heavy (non-hydrogen) atoms. The van der Waals surface area contributed by atoms with Crippen LogP contribution in [0.15, 0.2) is 54.0 Å². The van der Waals surface area contributed by atoms with Crippen LogP contribution in [-0.4, -0.2) is 39.9 Å². The van der Waals surface area contributed by atoms with Crippen LogP contribution >= 0.6 is 11.3 Å². The second kappa shape index (κ2) is 9.29. The molecule has 1 amide bonds. The summed E-state index contributed by atoms with van der Waals surface area (Å²) in [6.07, 6.45) is 4.07. The van der Waals surface area contributed by atoms with Crippen LogP contribution in [0, 0.1) is 6.92 Å². The number of carbonyl (C=O) groups is 1. The lowest BCUT2D eigenvalue weighted by Gasteiger charge is -2.32. The zero-order valence-corrected chi connectivity index (χ0v) is 17.5. The van der Waals surface area contributed by atoms with Crippen LogP contribution < -0.4 is 5.32 Å². The molecule has 1 aromatic carbocycles. The fraction of sp³-hybridized carbons (Fsp3) is 0.348. The minimum Gasteiger partial charge on any atom is -0.353 e. The molecule has 0 radical (unpaired) electrons. The number of nitrogens with one attached hydrogen (secondary N) is 1. The van der Waals surface area contributed by atoms with Gasteiger partial charge in [0.05, 0.1) is 17.8 Å². The molecule has 2 aromatic heterocycles. The summed E-state index contributed by atoms with van der Waals surface area (Å²) in [6, 6.07) is 14.7. The van der Waals surface area contributed by atoms with E-state index in [4.69, 9.17) is 0 Å². The number of aromatic nitrogens is 2. The lowest BCUT2D eigenvalue weighted by Crippen LogP contribution is -2.44. The third-order valence-corrected chi connectivity index (χ3v) is 6.13. The van der Waals surface area contributed by atoms with Crippen molar-refractivity contribution in [1.29, 1.82) is 0 Å². The summed E-state index contributed by atoms with van der Waals surface area (Å²) in [6.45, 7) is 5.14. The number of hydrogen-bond acceptors (Lipinski definition) is 5. The third-order valence-electron chi connectivity index (χ3n) is 5.22. The van der Waals surface area contributed by atoms with Crippen molar-refractivity contribution in [1.82, 2.24) is 20.2 Å². The molecule has 3 aromatic rings. The van der Waals surface area contributed by atoms with Gasteiger partial charge in [-0.25, -0.2) is 4.98 Å². The molecule has 3 heterocycles. The summed E-state index contributed by atoms with van der Waals surface area (Å²) >= 11 is 1.53. The number of benzene rings is 1. The first-order valence-corrected chi connectivity index (χ1v) is 11.0. The number of hydrogen-bond donors (Lipinski definition) is 1. The van der Waals surface area contributed by atoms with Crippen LogP contribution in [0.4, 0.5) is 0 Å². The summed E-state index contributed by atoms with van der Waals surface area (Å²) in [5.41, 5.74) is 4.33. The molecule has 0 bridgehead atoms. The Morgan fingerprint density at radius 2 is 2.07 bits per heavy atom. The topological polar surface area (TPSA) is 58.1 Å². The number of carbonyl (C=O) groups excluding carboxylic acids is 1. The maximum Gasteiger partial charge on any atom is 0.226 e. The minimum atomic E-state index is 0.0556. The zero-order chi connectivity index (χ0) is 20.1. The molecular formula is C23H26N4OS. The van der Waals surface area contributed by atoms with Crippen LogP contribution in [-0.2, 0) is 17.8 Å². The van der Waals surface area contributed by atoms with Gasteiger partial charge in [-0.2, -0.15) is 0 Å². The molecule has 4 rings (SSSR count). The molecule has 1 aliphatic rings. The fourth-order valence-electron chi connectivity index (χ4n) is 3.74. The van der Waals surface area contributed by atoms with Gasteiger partial charge < -0.3 is 5.32 Å². The molecule has 150 valence electrons. The molecule has 1 fully saturated rings. The average molecular weight is 407 g/mol. The SMILES string of the molecule is Cc1cccc(CN2CCC(NC(=O)Cc3csc(-c4ccccn4)n3)CC2)c1. The summed E-state index contributed by atoms with van der Waals surface area (Å²) in [5, 5.41) is 6.00. The molecule has 1 N–H and O–H groups in total. The number of amides is 1. The summed E-state index contributed by atoms with van der Waals surface area (Å²) in [7, 11) is 0. The average Bonchev–Trinajstić information content (AvgIpc) is 3.18. The Bertz CT molecular complexity index is 948. The van der Waals surface area contributed by atoms with Crippen molar-refractivity contribution in [3.63, 3.8) is 0 Å². The number of likely N-dealkylation sites (tertiary alicyclic amines) is 1. The first-order valence-electron chi connectivity index (χ1n) is 10.1. The van der Waals surface area contributed by atoms with Crippen molar-refractivity contribution in [2.45, 2.75) is 38.8 Å². The van der Waals surface area contributed by atoms with Crippen molar-refractivity contribution in [3.8, 4) is 10.7 Å². The highest BCUT2D eigenvalue weighted by Gasteiger charge is 2.21. The first kappa shape index (κ1) is 19.7. The van der Waals surface area contributed by atoms with Crippen molar-refractivity contribution in [2.75, 3.05) is 13.1 Å². The van der Waals surface area contributed by atoms with Crippen LogP contribution in [0.2, 0.25) is 0 Å². The van der Waals surface area contributed by atoms with Gasteiger partial charge in [-0.3, -0.25) is 14.7 Å². The number of thiazole rings is 1. The standard InChI is InChI=1S/C23H26N4OS/c1-17-5-4-6-18(13-17)15-27-11-8-19(9-12-27)25-22(28)14-20-16-29-23(26-20)21-7-2-3-10-24-21/h2-7,10,13,16,19H,8-9,11-12,14-15H2,1H3,(H,25,28). The molecule has 1 saturated heterocycles. The second-order valence-corrected chi connectivity index (χ2v) is 8.50. The molecule has 0 spiro atoms. The van der Waals surface area contributed by atoms with E-state index in [0.717, 1.165) is 48.9 Å². The monoisotopic (exact) mass is 406 g/mol. The molecule has 0 saturated carbocycles. The quantitative estimate of drug-likeness (QED) is 0.676. The molecule has 1 aliphatic heterocycles. The van der Waals surface area contributed by atoms with Crippen LogP contribution in [0.5, 0.6) is 0 Å². The Morgan fingerprint density at radius 3 is 2.83 bits per heavy atom. The number of pyridine rings is 1. The van der Waals surface area contributed by atoms with Crippen molar-refractivity contribution < 1.29 is 4.79 Å². The molecule has 5 nitrogen and oxygen atoms in total. The van der Waals surface area contributed by atoms with E-state index < -0.39 is 0 Å². The Hall–Kier alpha value is -2.57. The predicted molar refractivity (Wildman–Crippen MR) is 117 cm³/mol. The lowest BCUT2D eigenvalue weighted by molar-refractivity contribution is -0.121. The van der Waals surface area contributed by atoms with Gasteiger partial charge in [0.2, 0.25) is 5.91 Å². The van der Waals surface area contributed by atoms with E-state index in [9.17, 15) is 4.79 Å². The van der Waals surface area contributed by atoms with Crippen molar-refractivity contribution in [2.24, 2.45) is 0 Å². The van der Waals surface area contributed by atoms with Gasteiger partial charge in [-0.05, 0) is 37.5 Å². The molecule has 0 atom stereocenters. The first-order chi connectivity index (χ1) is 14.2. The third kappa shape index (κ3) is 5.49. The largest absolute Gasteiger partial charge is 0.353 e. The van der Waals surface area contributed by atoms with E-state index in [2.05, 4.69) is 51.4 Å². The zero-order valence-electron chi connectivity index (χ0n) is 16.7. The normalized spacial score (nSPS) is 15.3. The number of nitrogens with zero attached hydrogens (tertiary/aromatic N) is 3. The fourth-order valence-corrected chi connectivity index (χ4v) is 4.54. The number of aryl methyl sites for hydroxylation is 1. The second-order valence-electron chi connectivity index (χ2n) is 7.64.